The van der Waals surface area contributed by atoms with Gasteiger partial charge in [-0.05, 0) is 65.7 Å². The number of benzene rings is 2. The second kappa shape index (κ2) is 13.6. The molecule has 0 unspecified atom stereocenters. The Bertz CT molecular complexity index is 1690. The molecule has 2 aromatic heterocycles. The molecule has 15 heteroatoms. The number of amides is 3. The summed E-state index contributed by atoms with van der Waals surface area (Å²) >= 11 is 12.7. The summed E-state index contributed by atoms with van der Waals surface area (Å²) in [4.78, 5) is 40.6. The predicted octanol–water partition coefficient (Wildman–Crippen LogP) is 4.42. The van der Waals surface area contributed by atoms with Gasteiger partial charge in [0.05, 0.1) is 23.8 Å². The molecule has 226 valence electrons. The molecule has 0 bridgehead atoms. The minimum atomic E-state index is -1.09. The summed E-state index contributed by atoms with van der Waals surface area (Å²) in [7, 11) is 1.44. The van der Waals surface area contributed by atoms with E-state index in [1.807, 2.05) is 0 Å². The predicted molar refractivity (Wildman–Crippen MR) is 163 cm³/mol. The molecule has 2 aromatic carbocycles. The maximum Gasteiger partial charge on any atom is 0.411 e. The van der Waals surface area contributed by atoms with Crippen LogP contribution in [0, 0.1) is 0 Å². The van der Waals surface area contributed by atoms with Crippen molar-refractivity contribution in [2.75, 3.05) is 25.0 Å². The third-order valence-electron chi connectivity index (χ3n) is 7.14. The number of nitrogens with zero attached hydrogens (tertiary/aromatic N) is 8. The van der Waals surface area contributed by atoms with Gasteiger partial charge >= 0.3 is 6.09 Å². The van der Waals surface area contributed by atoms with E-state index in [-0.39, 0.29) is 17.5 Å². The van der Waals surface area contributed by atoms with Crippen LogP contribution in [-0.2, 0) is 9.59 Å². The molecule has 0 saturated carbocycles. The second-order valence-electron chi connectivity index (χ2n) is 10.0. The zero-order valence-electron chi connectivity index (χ0n) is 23.5. The number of halogens is 2. The van der Waals surface area contributed by atoms with Crippen molar-refractivity contribution in [2.45, 2.75) is 25.3 Å². The number of anilines is 1. The molecule has 0 spiro atoms. The Morgan fingerprint density at radius 3 is 2.50 bits per heavy atom. The summed E-state index contributed by atoms with van der Waals surface area (Å²) in [5.41, 5.74) is 3.16. The molecule has 5 rings (SSSR count). The number of carbonyl (C=O) groups excluding carboxylic acids is 2. The van der Waals surface area contributed by atoms with Gasteiger partial charge in [0.1, 0.15) is 6.33 Å². The van der Waals surface area contributed by atoms with Gasteiger partial charge in [0, 0.05) is 53.6 Å². The summed E-state index contributed by atoms with van der Waals surface area (Å²) in [6.45, 7) is 1.30. The van der Waals surface area contributed by atoms with Crippen molar-refractivity contribution in [2.24, 2.45) is 0 Å². The number of carbonyl (C=O) groups is 3. The fourth-order valence-corrected chi connectivity index (χ4v) is 5.18. The molecule has 44 heavy (non-hydrogen) atoms. The van der Waals surface area contributed by atoms with Crippen LogP contribution in [0.15, 0.2) is 60.9 Å². The van der Waals surface area contributed by atoms with Gasteiger partial charge in [-0.15, -0.1) is 15.3 Å². The van der Waals surface area contributed by atoms with Crippen molar-refractivity contribution in [3.63, 3.8) is 0 Å². The van der Waals surface area contributed by atoms with Gasteiger partial charge in [-0.1, -0.05) is 35.3 Å². The van der Waals surface area contributed by atoms with Crippen molar-refractivity contribution < 1.29 is 19.5 Å². The number of likely N-dealkylation sites (tertiary alicyclic amines) is 1. The lowest BCUT2D eigenvalue weighted by Crippen LogP contribution is -2.35. The fraction of sp³-hybridized carbons (Fsp3) is 0.241. The standard InChI is InChI=1S/C29H27Cl2N9O4/c1-38(29(43)44)21-8-4-18(5-9-21)23-15-22(28(31)35-34-23)24(16-27(42)39-12-2-3-13-39)33-26(41)11-6-19-14-20(30)7-10-25(19)40-17-32-36-37-40/h4-11,14-15,17,24H,2-3,12-13,16H2,1H3,(H,33,41)(H,43,44)/b11-6+/t24-/m0/s1. The number of nitrogens with one attached hydrogen (secondary N) is 1. The van der Waals surface area contributed by atoms with Gasteiger partial charge in [0.2, 0.25) is 11.8 Å². The number of carboxylic acid groups (broad SMARTS) is 1. The van der Waals surface area contributed by atoms with Crippen LogP contribution >= 0.6 is 23.2 Å². The first-order valence-electron chi connectivity index (χ1n) is 13.6. The van der Waals surface area contributed by atoms with Crippen molar-refractivity contribution in [3.05, 3.63) is 82.2 Å². The van der Waals surface area contributed by atoms with Gasteiger partial charge in [-0.3, -0.25) is 14.5 Å². The summed E-state index contributed by atoms with van der Waals surface area (Å²) < 4.78 is 1.45. The van der Waals surface area contributed by atoms with E-state index in [1.54, 1.807) is 59.5 Å². The van der Waals surface area contributed by atoms with E-state index in [1.165, 1.54) is 24.1 Å². The molecule has 1 aliphatic rings. The first kappa shape index (κ1) is 30.6. The average Bonchev–Trinajstić information content (AvgIpc) is 3.75. The van der Waals surface area contributed by atoms with Crippen LogP contribution in [0.3, 0.4) is 0 Å². The molecule has 3 amide bonds. The molecule has 4 aromatic rings. The molecule has 1 atom stereocenters. The monoisotopic (exact) mass is 635 g/mol. The highest BCUT2D eigenvalue weighted by molar-refractivity contribution is 6.31. The lowest BCUT2D eigenvalue weighted by molar-refractivity contribution is -0.130. The van der Waals surface area contributed by atoms with Crippen LogP contribution in [-0.4, -0.2) is 78.5 Å². The van der Waals surface area contributed by atoms with Crippen LogP contribution in [0.2, 0.25) is 10.2 Å². The normalized spacial score (nSPS) is 13.7. The molecule has 0 radical (unpaired) electrons. The van der Waals surface area contributed by atoms with Gasteiger partial charge in [-0.2, -0.15) is 4.68 Å². The van der Waals surface area contributed by atoms with Crippen molar-refractivity contribution in [1.82, 2.24) is 40.6 Å². The number of rotatable bonds is 9. The molecule has 13 nitrogen and oxygen atoms in total. The maximum atomic E-state index is 13.3. The molecule has 0 aliphatic carbocycles. The van der Waals surface area contributed by atoms with E-state index in [2.05, 4.69) is 31.0 Å². The molecule has 3 heterocycles. The lowest BCUT2D eigenvalue weighted by Gasteiger charge is -2.23. The maximum absolute atomic E-state index is 13.3. The zero-order chi connectivity index (χ0) is 31.2. The highest BCUT2D eigenvalue weighted by atomic mass is 35.5. The van der Waals surface area contributed by atoms with Crippen LogP contribution in [0.25, 0.3) is 23.0 Å². The number of hydrogen-bond donors (Lipinski definition) is 2. The average molecular weight is 636 g/mol. The van der Waals surface area contributed by atoms with E-state index in [0.717, 1.165) is 17.7 Å². The quantitative estimate of drug-likeness (QED) is 0.254. The smallest absolute Gasteiger partial charge is 0.411 e. The van der Waals surface area contributed by atoms with Crippen LogP contribution in [0.5, 0.6) is 0 Å². The fourth-order valence-electron chi connectivity index (χ4n) is 4.78. The van der Waals surface area contributed by atoms with Gasteiger partial charge in [0.15, 0.2) is 5.15 Å². The third-order valence-corrected chi connectivity index (χ3v) is 7.67. The first-order valence-corrected chi connectivity index (χ1v) is 14.3. The third kappa shape index (κ3) is 7.18. The van der Waals surface area contributed by atoms with E-state index in [0.29, 0.717) is 51.9 Å². The Morgan fingerprint density at radius 2 is 1.82 bits per heavy atom. The Balaban J connectivity index is 1.43. The molecular formula is C29H27Cl2N9O4. The minimum Gasteiger partial charge on any atom is -0.465 e. The van der Waals surface area contributed by atoms with Gasteiger partial charge < -0.3 is 15.3 Å². The summed E-state index contributed by atoms with van der Waals surface area (Å²) in [5.74, 6) is -0.606. The Morgan fingerprint density at radius 1 is 1.07 bits per heavy atom. The minimum absolute atomic E-state index is 0.0373. The van der Waals surface area contributed by atoms with E-state index in [9.17, 15) is 19.5 Å². The molecule has 1 fully saturated rings. The summed E-state index contributed by atoms with van der Waals surface area (Å²) in [5, 5.41) is 32.2. The van der Waals surface area contributed by atoms with Gasteiger partial charge in [-0.25, -0.2) is 4.79 Å². The highest BCUT2D eigenvalue weighted by Gasteiger charge is 2.26. The number of hydrogen-bond acceptors (Lipinski definition) is 8. The lowest BCUT2D eigenvalue weighted by atomic mass is 10.0. The SMILES string of the molecule is CN(C(=O)O)c1ccc(-c2cc([C@H](CC(=O)N3CCCC3)NC(=O)/C=C/c3cc(Cl)ccc3-n3cnnn3)c(Cl)nn2)cc1. The Kier molecular flexibility index (Phi) is 9.46. The molecular weight excluding hydrogens is 609 g/mol. The zero-order valence-corrected chi connectivity index (χ0v) is 25.0. The first-order chi connectivity index (χ1) is 21.2. The van der Waals surface area contributed by atoms with Crippen LogP contribution in [0.1, 0.15) is 36.4 Å². The van der Waals surface area contributed by atoms with E-state index < -0.39 is 18.0 Å². The van der Waals surface area contributed by atoms with Crippen molar-refractivity contribution in [1.29, 1.82) is 0 Å². The van der Waals surface area contributed by atoms with Crippen LogP contribution in [0.4, 0.5) is 10.5 Å². The van der Waals surface area contributed by atoms with Crippen LogP contribution < -0.4 is 10.2 Å². The number of aromatic nitrogens is 6. The van der Waals surface area contributed by atoms with Crippen molar-refractivity contribution >= 4 is 52.9 Å². The Labute approximate surface area is 262 Å². The summed E-state index contributed by atoms with van der Waals surface area (Å²) in [6, 6.07) is 12.6. The van der Waals surface area contributed by atoms with E-state index in [4.69, 9.17) is 23.2 Å². The number of tetrazole rings is 1. The summed E-state index contributed by atoms with van der Waals surface area (Å²) in [6.07, 6.45) is 5.03. The molecule has 1 saturated heterocycles. The molecule has 2 N–H and O–H groups in total. The second-order valence-corrected chi connectivity index (χ2v) is 10.8. The topological polar surface area (TPSA) is 159 Å². The van der Waals surface area contributed by atoms with Gasteiger partial charge in [0.25, 0.3) is 0 Å². The van der Waals surface area contributed by atoms with E-state index >= 15 is 0 Å². The van der Waals surface area contributed by atoms with Crippen molar-refractivity contribution in [3.8, 4) is 16.9 Å². The largest absolute Gasteiger partial charge is 0.465 e. The Hall–Kier alpha value is -4.88. The highest BCUT2D eigenvalue weighted by Crippen LogP contribution is 2.30. The molecule has 1 aliphatic heterocycles.